The highest BCUT2D eigenvalue weighted by Crippen LogP contribution is 2.37. The molecular formula is C11H16Cl2Si. The molecule has 0 radical (unpaired) electrons. The number of halogens is 2. The van der Waals surface area contributed by atoms with Crippen LogP contribution in [0.25, 0.3) is 0 Å². The molecule has 1 unspecified atom stereocenters. The van der Waals surface area contributed by atoms with Gasteiger partial charge in [0.25, 0.3) is 0 Å². The Morgan fingerprint density at radius 3 is 2.07 bits per heavy atom. The molecule has 0 saturated heterocycles. The molecule has 3 heteroatoms. The van der Waals surface area contributed by atoms with Crippen LogP contribution in [-0.4, -0.2) is 13.3 Å². The van der Waals surface area contributed by atoms with Crippen LogP contribution < -0.4 is 0 Å². The first-order valence-electron chi connectivity index (χ1n) is 4.72. The minimum absolute atomic E-state index is 0.0582. The largest absolute Gasteiger partial charge is 0.167 e. The summed E-state index contributed by atoms with van der Waals surface area (Å²) in [5, 5.41) is -0.0582. The topological polar surface area (TPSA) is 0 Å². The van der Waals surface area contributed by atoms with Crippen LogP contribution in [0, 0.1) is 0 Å². The quantitative estimate of drug-likeness (QED) is 0.427. The summed E-state index contributed by atoms with van der Waals surface area (Å²) in [4.78, 5) is 0. The first-order chi connectivity index (χ1) is 6.42. The van der Waals surface area contributed by atoms with Gasteiger partial charge in [-0.3, -0.25) is 0 Å². The molecule has 0 aliphatic rings. The molecule has 0 spiro atoms. The third-order valence-electron chi connectivity index (χ3n) is 2.99. The van der Waals surface area contributed by atoms with Crippen LogP contribution in [0.15, 0.2) is 30.3 Å². The Morgan fingerprint density at radius 2 is 1.71 bits per heavy atom. The molecule has 1 aromatic carbocycles. The highest BCUT2D eigenvalue weighted by molar-refractivity contribution is 7.20. The van der Waals surface area contributed by atoms with Gasteiger partial charge < -0.3 is 0 Å². The van der Waals surface area contributed by atoms with Gasteiger partial charge in [-0.25, -0.2) is 0 Å². The van der Waals surface area contributed by atoms with Crippen LogP contribution in [-0.2, 0) is 5.04 Å². The normalized spacial score (nSPS) is 16.4. The number of hydrogen-bond acceptors (Lipinski definition) is 0. The van der Waals surface area contributed by atoms with Gasteiger partial charge in [0.1, 0.15) is 0 Å². The van der Waals surface area contributed by atoms with Gasteiger partial charge in [0, 0.05) is 10.9 Å². The average Bonchev–Trinajstić information content (AvgIpc) is 2.16. The van der Waals surface area contributed by atoms with Gasteiger partial charge in [0.2, 0.25) is 0 Å². The van der Waals surface area contributed by atoms with Crippen molar-refractivity contribution < 1.29 is 0 Å². The van der Waals surface area contributed by atoms with E-state index in [-0.39, 0.29) is 5.04 Å². The van der Waals surface area contributed by atoms with E-state index in [4.69, 9.17) is 22.7 Å². The van der Waals surface area contributed by atoms with Crippen LogP contribution >= 0.6 is 22.7 Å². The Bertz CT molecular complexity index is 292. The van der Waals surface area contributed by atoms with Crippen LogP contribution in [0.5, 0.6) is 0 Å². The van der Waals surface area contributed by atoms with Gasteiger partial charge in [-0.2, -0.15) is 11.1 Å². The third kappa shape index (κ3) is 2.15. The number of rotatable bonds is 3. The summed E-state index contributed by atoms with van der Waals surface area (Å²) in [6, 6.07) is 10.3. The van der Waals surface area contributed by atoms with Crippen molar-refractivity contribution in [3.05, 3.63) is 35.9 Å². The third-order valence-corrected chi connectivity index (χ3v) is 8.09. The molecule has 0 heterocycles. The van der Waals surface area contributed by atoms with Crippen molar-refractivity contribution in [3.8, 4) is 0 Å². The van der Waals surface area contributed by atoms with Gasteiger partial charge in [-0.05, 0) is 5.56 Å². The minimum Gasteiger partial charge on any atom is -0.167 e. The number of alkyl halides is 1. The first kappa shape index (κ1) is 12.1. The van der Waals surface area contributed by atoms with E-state index in [1.807, 2.05) is 18.2 Å². The van der Waals surface area contributed by atoms with Crippen LogP contribution in [0.1, 0.15) is 12.5 Å². The zero-order valence-corrected chi connectivity index (χ0v) is 11.4. The van der Waals surface area contributed by atoms with Crippen LogP contribution in [0.3, 0.4) is 0 Å². The van der Waals surface area contributed by atoms with Crippen molar-refractivity contribution >= 4 is 30.1 Å². The monoisotopic (exact) mass is 246 g/mol. The average molecular weight is 247 g/mol. The summed E-state index contributed by atoms with van der Waals surface area (Å²) in [6.07, 6.45) is 0. The summed E-state index contributed by atoms with van der Waals surface area (Å²) in [6.45, 7) is 6.45. The lowest BCUT2D eigenvalue weighted by Gasteiger charge is -2.37. The SMILES string of the molecule is CC(CCl)(c1ccccc1)[Si](C)(C)Cl. The fraction of sp³-hybridized carbons (Fsp3) is 0.455. The molecule has 78 valence electrons. The van der Waals surface area contributed by atoms with E-state index < -0.39 is 7.38 Å². The zero-order chi connectivity index (χ0) is 10.8. The summed E-state index contributed by atoms with van der Waals surface area (Å²) in [5.74, 6) is 0.583. The Kier molecular flexibility index (Phi) is 3.67. The lowest BCUT2D eigenvalue weighted by molar-refractivity contribution is 0.740. The van der Waals surface area contributed by atoms with E-state index in [1.165, 1.54) is 5.56 Å². The van der Waals surface area contributed by atoms with Crippen LogP contribution in [0.4, 0.5) is 0 Å². The van der Waals surface area contributed by atoms with Gasteiger partial charge in [-0.1, -0.05) is 50.3 Å². The van der Waals surface area contributed by atoms with Crippen molar-refractivity contribution in [2.75, 3.05) is 5.88 Å². The van der Waals surface area contributed by atoms with Crippen molar-refractivity contribution in [2.24, 2.45) is 0 Å². The van der Waals surface area contributed by atoms with Gasteiger partial charge in [0.15, 0.2) is 7.38 Å². The Morgan fingerprint density at radius 1 is 1.21 bits per heavy atom. The van der Waals surface area contributed by atoms with Gasteiger partial charge in [0.05, 0.1) is 0 Å². The fourth-order valence-corrected chi connectivity index (χ4v) is 4.45. The molecule has 0 saturated carbocycles. The van der Waals surface area contributed by atoms with E-state index in [0.717, 1.165) is 0 Å². The lowest BCUT2D eigenvalue weighted by atomic mass is 10.0. The van der Waals surface area contributed by atoms with E-state index in [1.54, 1.807) is 0 Å². The Hall–Kier alpha value is 0.0169. The highest BCUT2D eigenvalue weighted by atomic mass is 35.6. The van der Waals surface area contributed by atoms with Gasteiger partial charge in [-0.15, -0.1) is 11.6 Å². The van der Waals surface area contributed by atoms with Crippen molar-refractivity contribution in [1.82, 2.24) is 0 Å². The molecule has 0 aromatic heterocycles. The number of hydrogen-bond donors (Lipinski definition) is 0. The Balaban J connectivity index is 3.15. The maximum absolute atomic E-state index is 6.53. The van der Waals surface area contributed by atoms with E-state index in [2.05, 4.69) is 32.2 Å². The van der Waals surface area contributed by atoms with E-state index in [9.17, 15) is 0 Å². The highest BCUT2D eigenvalue weighted by Gasteiger charge is 2.42. The van der Waals surface area contributed by atoms with Gasteiger partial charge >= 0.3 is 0 Å². The molecule has 0 fully saturated rings. The molecule has 1 aromatic rings. The van der Waals surface area contributed by atoms with Crippen molar-refractivity contribution in [1.29, 1.82) is 0 Å². The molecule has 0 aliphatic heterocycles. The molecule has 1 rings (SSSR count). The smallest absolute Gasteiger partial charge is 0.161 e. The summed E-state index contributed by atoms with van der Waals surface area (Å²) >= 11 is 12.6. The predicted octanol–water partition coefficient (Wildman–Crippen LogP) is 4.17. The van der Waals surface area contributed by atoms with E-state index >= 15 is 0 Å². The second-order valence-corrected chi connectivity index (χ2v) is 11.5. The lowest BCUT2D eigenvalue weighted by Crippen LogP contribution is -2.46. The summed E-state index contributed by atoms with van der Waals surface area (Å²) in [7, 11) is -1.81. The Labute approximate surface area is 96.9 Å². The molecule has 0 N–H and O–H groups in total. The molecule has 0 bridgehead atoms. The first-order valence-corrected chi connectivity index (χ1v) is 9.27. The summed E-state index contributed by atoms with van der Waals surface area (Å²) < 4.78 is 0. The molecule has 14 heavy (non-hydrogen) atoms. The molecular weight excluding hydrogens is 231 g/mol. The fourth-order valence-electron chi connectivity index (χ4n) is 1.39. The standard InChI is InChI=1S/C11H16Cl2Si/c1-11(9-12,14(2,3)13)10-7-5-4-6-8-10/h4-8H,9H2,1-3H3. The predicted molar refractivity (Wildman–Crippen MR) is 67.8 cm³/mol. The second kappa shape index (κ2) is 4.26. The van der Waals surface area contributed by atoms with Crippen molar-refractivity contribution in [3.63, 3.8) is 0 Å². The van der Waals surface area contributed by atoms with Crippen molar-refractivity contribution in [2.45, 2.75) is 25.1 Å². The zero-order valence-electron chi connectivity index (χ0n) is 8.85. The maximum Gasteiger partial charge on any atom is 0.161 e. The maximum atomic E-state index is 6.53. The summed E-state index contributed by atoms with van der Waals surface area (Å²) in [5.41, 5.74) is 1.25. The van der Waals surface area contributed by atoms with Crippen LogP contribution in [0.2, 0.25) is 13.1 Å². The number of benzene rings is 1. The molecule has 0 nitrogen and oxygen atoms in total. The minimum atomic E-state index is -1.81. The molecule has 0 aliphatic carbocycles. The molecule has 0 amide bonds. The van der Waals surface area contributed by atoms with E-state index in [0.29, 0.717) is 5.88 Å². The second-order valence-electron chi connectivity index (χ2n) is 4.30. The molecule has 1 atom stereocenters.